The molecule has 0 amide bonds. The number of aromatic nitrogens is 2. The van der Waals surface area contributed by atoms with Gasteiger partial charge in [0.1, 0.15) is 0 Å². The third-order valence-electron chi connectivity index (χ3n) is 3.56. The molecule has 4 heteroatoms. The van der Waals surface area contributed by atoms with Gasteiger partial charge in [-0.1, -0.05) is 48.3 Å². The van der Waals surface area contributed by atoms with Crippen molar-refractivity contribution < 1.29 is 4.52 Å². The van der Waals surface area contributed by atoms with Crippen LogP contribution in [0.3, 0.4) is 0 Å². The Labute approximate surface area is 127 Å². The maximum Gasteiger partial charge on any atom is 0.228 e. The number of rotatable bonds is 7. The van der Waals surface area contributed by atoms with Crippen LogP contribution in [-0.4, -0.2) is 22.7 Å². The lowest BCUT2D eigenvalue weighted by atomic mass is 10.0. The lowest BCUT2D eigenvalue weighted by Crippen LogP contribution is -2.30. The Morgan fingerprint density at radius 3 is 2.48 bits per heavy atom. The van der Waals surface area contributed by atoms with E-state index in [9.17, 15) is 0 Å². The highest BCUT2D eigenvalue weighted by molar-refractivity contribution is 5.30. The summed E-state index contributed by atoms with van der Waals surface area (Å²) in [5.41, 5.74) is 3.78. The van der Waals surface area contributed by atoms with Crippen LogP contribution in [0.15, 0.2) is 22.7 Å². The fourth-order valence-electron chi connectivity index (χ4n) is 2.66. The minimum Gasteiger partial charge on any atom is -0.339 e. The van der Waals surface area contributed by atoms with E-state index in [4.69, 9.17) is 4.52 Å². The van der Waals surface area contributed by atoms with Gasteiger partial charge in [-0.05, 0) is 32.4 Å². The zero-order chi connectivity index (χ0) is 15.2. The highest BCUT2D eigenvalue weighted by Gasteiger charge is 2.12. The molecule has 0 fully saturated rings. The van der Waals surface area contributed by atoms with Crippen molar-refractivity contribution in [2.75, 3.05) is 6.54 Å². The van der Waals surface area contributed by atoms with Crippen molar-refractivity contribution in [1.29, 1.82) is 0 Å². The predicted octanol–water partition coefficient (Wildman–Crippen LogP) is 3.21. The number of nitrogens with zero attached hydrogens (tertiary/aromatic N) is 2. The van der Waals surface area contributed by atoms with Crippen molar-refractivity contribution in [1.82, 2.24) is 15.5 Å². The van der Waals surface area contributed by atoms with Crippen molar-refractivity contribution >= 4 is 0 Å². The van der Waals surface area contributed by atoms with E-state index in [1.165, 1.54) is 16.7 Å². The van der Waals surface area contributed by atoms with Gasteiger partial charge in [-0.25, -0.2) is 0 Å². The predicted molar refractivity (Wildman–Crippen MR) is 84.5 cm³/mol. The first-order valence-corrected chi connectivity index (χ1v) is 7.72. The average Bonchev–Trinajstić information content (AvgIpc) is 2.84. The first kappa shape index (κ1) is 15.7. The molecule has 1 N–H and O–H groups in total. The van der Waals surface area contributed by atoms with Crippen LogP contribution < -0.4 is 5.32 Å². The van der Waals surface area contributed by atoms with Crippen LogP contribution in [0.2, 0.25) is 0 Å². The van der Waals surface area contributed by atoms with Gasteiger partial charge in [0.25, 0.3) is 0 Å². The van der Waals surface area contributed by atoms with E-state index in [-0.39, 0.29) is 0 Å². The smallest absolute Gasteiger partial charge is 0.228 e. The molecular weight excluding hydrogens is 262 g/mol. The molecule has 2 rings (SSSR count). The Balaban J connectivity index is 2.02. The molecule has 0 bridgehead atoms. The van der Waals surface area contributed by atoms with Crippen LogP contribution in [0.1, 0.15) is 48.7 Å². The largest absolute Gasteiger partial charge is 0.339 e. The third-order valence-corrected chi connectivity index (χ3v) is 3.56. The monoisotopic (exact) mass is 287 g/mol. The van der Waals surface area contributed by atoms with Gasteiger partial charge in [-0.3, -0.25) is 0 Å². The van der Waals surface area contributed by atoms with Crippen LogP contribution in [-0.2, 0) is 12.8 Å². The second-order valence-corrected chi connectivity index (χ2v) is 5.64. The summed E-state index contributed by atoms with van der Waals surface area (Å²) < 4.78 is 5.37. The fraction of sp³-hybridized carbons (Fsp3) is 0.529. The molecule has 114 valence electrons. The molecule has 1 aromatic heterocycles. The molecule has 1 atom stereocenters. The Morgan fingerprint density at radius 2 is 1.86 bits per heavy atom. The Kier molecular flexibility index (Phi) is 5.51. The zero-order valence-electron chi connectivity index (χ0n) is 13.4. The lowest BCUT2D eigenvalue weighted by Gasteiger charge is -2.12. The van der Waals surface area contributed by atoms with Crippen molar-refractivity contribution in [3.05, 3.63) is 46.6 Å². The summed E-state index contributed by atoms with van der Waals surface area (Å²) in [4.78, 5) is 4.52. The Morgan fingerprint density at radius 1 is 1.14 bits per heavy atom. The van der Waals surface area contributed by atoms with Crippen molar-refractivity contribution in [3.63, 3.8) is 0 Å². The van der Waals surface area contributed by atoms with Gasteiger partial charge < -0.3 is 9.84 Å². The number of benzene rings is 1. The van der Waals surface area contributed by atoms with Crippen LogP contribution >= 0.6 is 0 Å². The van der Waals surface area contributed by atoms with E-state index < -0.39 is 0 Å². The van der Waals surface area contributed by atoms with Crippen molar-refractivity contribution in [2.45, 2.75) is 53.0 Å². The summed E-state index contributed by atoms with van der Waals surface area (Å²) in [5, 5.41) is 7.53. The molecule has 2 aromatic rings. The summed E-state index contributed by atoms with van der Waals surface area (Å²) in [6.07, 6.45) is 2.58. The van der Waals surface area contributed by atoms with Crippen LogP contribution in [0.4, 0.5) is 0 Å². The first-order valence-electron chi connectivity index (χ1n) is 7.72. The minimum atomic E-state index is 0.407. The maximum atomic E-state index is 5.37. The average molecular weight is 287 g/mol. The summed E-state index contributed by atoms with van der Waals surface area (Å²) in [6.45, 7) is 9.46. The van der Waals surface area contributed by atoms with Gasteiger partial charge in [-0.2, -0.15) is 4.98 Å². The lowest BCUT2D eigenvalue weighted by molar-refractivity contribution is 0.352. The normalized spacial score (nSPS) is 12.6. The van der Waals surface area contributed by atoms with E-state index in [2.05, 4.69) is 61.4 Å². The second-order valence-electron chi connectivity index (χ2n) is 5.64. The molecule has 1 heterocycles. The van der Waals surface area contributed by atoms with Gasteiger partial charge in [0.15, 0.2) is 5.82 Å². The number of aryl methyl sites for hydroxylation is 2. The SMILES string of the molecule is CCNC(CC)Cc1nc(Cc2cc(C)cc(C)c2)no1. The van der Waals surface area contributed by atoms with Gasteiger partial charge >= 0.3 is 0 Å². The molecular formula is C17H25N3O. The number of nitrogens with one attached hydrogen (secondary N) is 1. The van der Waals surface area contributed by atoms with Crippen LogP contribution in [0.25, 0.3) is 0 Å². The molecule has 1 unspecified atom stereocenters. The third kappa shape index (κ3) is 4.67. The molecule has 0 aliphatic heterocycles. The summed E-state index contributed by atoms with van der Waals surface area (Å²) >= 11 is 0. The summed E-state index contributed by atoms with van der Waals surface area (Å²) in [7, 11) is 0. The molecule has 21 heavy (non-hydrogen) atoms. The standard InChI is InChI=1S/C17H25N3O/c1-5-15(18-6-2)11-17-19-16(20-21-17)10-14-8-12(3)7-13(4)9-14/h7-9,15,18H,5-6,10-11H2,1-4H3. The number of hydrogen-bond donors (Lipinski definition) is 1. The summed E-state index contributed by atoms with van der Waals surface area (Å²) in [6, 6.07) is 6.94. The van der Waals surface area contributed by atoms with E-state index >= 15 is 0 Å². The number of hydrogen-bond acceptors (Lipinski definition) is 4. The minimum absolute atomic E-state index is 0.407. The maximum absolute atomic E-state index is 5.37. The van der Waals surface area contributed by atoms with Crippen LogP contribution in [0.5, 0.6) is 0 Å². The number of likely N-dealkylation sites (N-methyl/N-ethyl adjacent to an activating group) is 1. The van der Waals surface area contributed by atoms with Crippen molar-refractivity contribution in [3.8, 4) is 0 Å². The van der Waals surface area contributed by atoms with Gasteiger partial charge in [0, 0.05) is 18.9 Å². The quantitative estimate of drug-likeness (QED) is 0.849. The zero-order valence-corrected chi connectivity index (χ0v) is 13.4. The molecule has 0 aliphatic rings. The molecule has 0 saturated heterocycles. The molecule has 0 aliphatic carbocycles. The fourth-order valence-corrected chi connectivity index (χ4v) is 2.66. The molecule has 1 aromatic carbocycles. The highest BCUT2D eigenvalue weighted by Crippen LogP contribution is 2.13. The van der Waals surface area contributed by atoms with Crippen molar-refractivity contribution in [2.24, 2.45) is 0 Å². The van der Waals surface area contributed by atoms with E-state index in [1.807, 2.05) is 0 Å². The van der Waals surface area contributed by atoms with Crippen LogP contribution in [0, 0.1) is 13.8 Å². The second kappa shape index (κ2) is 7.36. The Hall–Kier alpha value is -1.68. The molecule has 0 saturated carbocycles. The Bertz CT molecular complexity index is 557. The van der Waals surface area contributed by atoms with E-state index in [1.54, 1.807) is 0 Å². The van der Waals surface area contributed by atoms with Gasteiger partial charge in [0.05, 0.1) is 0 Å². The summed E-state index contributed by atoms with van der Waals surface area (Å²) in [5.74, 6) is 1.49. The van der Waals surface area contributed by atoms with Gasteiger partial charge in [-0.15, -0.1) is 0 Å². The van der Waals surface area contributed by atoms with E-state index in [0.717, 1.165) is 37.5 Å². The topological polar surface area (TPSA) is 51.0 Å². The molecule has 4 nitrogen and oxygen atoms in total. The van der Waals surface area contributed by atoms with Gasteiger partial charge in [0.2, 0.25) is 5.89 Å². The molecule has 0 spiro atoms. The van der Waals surface area contributed by atoms with E-state index in [0.29, 0.717) is 6.04 Å². The molecule has 0 radical (unpaired) electrons. The highest BCUT2D eigenvalue weighted by atomic mass is 16.5. The first-order chi connectivity index (χ1) is 10.1.